The molecular weight excluding hydrogens is 552 g/mol. The van der Waals surface area contributed by atoms with Gasteiger partial charge in [0, 0.05) is 26.5 Å². The number of primary amides is 1. The number of hydrogen-bond donors (Lipinski definition) is 7. The molecule has 0 radical (unpaired) electrons. The summed E-state index contributed by atoms with van der Waals surface area (Å²) in [6, 6.07) is -1.61. The number of aliphatic hydroxyl groups excluding tert-OH is 3. The molecule has 14 heteroatoms. The molecule has 0 aliphatic carbocycles. The van der Waals surface area contributed by atoms with E-state index in [4.69, 9.17) is 25.7 Å². The van der Waals surface area contributed by atoms with Gasteiger partial charge in [-0.3, -0.25) is 19.2 Å². The number of aliphatic hydroxyl groups is 3. The van der Waals surface area contributed by atoms with Gasteiger partial charge in [0.05, 0.1) is 12.6 Å². The highest BCUT2D eigenvalue weighted by atomic mass is 16.7. The molecule has 1 fully saturated rings. The van der Waals surface area contributed by atoms with Crippen molar-refractivity contribution in [3.05, 3.63) is 0 Å². The molecule has 1 aliphatic rings. The van der Waals surface area contributed by atoms with Crippen molar-refractivity contribution in [3.8, 4) is 0 Å². The number of unbranched alkanes of at least 4 members (excludes halogenated alkanes) is 9. The summed E-state index contributed by atoms with van der Waals surface area (Å²) in [5.74, 6) is -1.99. The van der Waals surface area contributed by atoms with Crippen LogP contribution in [-0.4, -0.2) is 102 Å². The molecule has 1 heterocycles. The summed E-state index contributed by atoms with van der Waals surface area (Å²) in [7, 11) is 0. The third-order valence-electron chi connectivity index (χ3n) is 7.01. The van der Waals surface area contributed by atoms with Gasteiger partial charge in [-0.25, -0.2) is 0 Å². The molecular formula is C28H52N4O10. The fourth-order valence-corrected chi connectivity index (χ4v) is 4.54. The molecule has 0 unspecified atom stereocenters. The molecule has 0 bridgehead atoms. The smallest absolute Gasteiger partial charge is 0.303 e. The first kappa shape index (κ1) is 37.7. The van der Waals surface area contributed by atoms with Crippen molar-refractivity contribution in [1.29, 1.82) is 0 Å². The average Bonchev–Trinajstić information content (AvgIpc) is 2.93. The average molecular weight is 605 g/mol. The van der Waals surface area contributed by atoms with Crippen LogP contribution in [0.15, 0.2) is 0 Å². The number of hydrogen-bond acceptors (Lipinski definition) is 11. The fraction of sp³-hybridized carbons (Fsp3) is 0.857. The molecule has 0 aromatic rings. The van der Waals surface area contributed by atoms with Gasteiger partial charge in [0.15, 0.2) is 12.4 Å². The van der Waals surface area contributed by atoms with Crippen LogP contribution in [0.1, 0.15) is 90.9 Å². The summed E-state index contributed by atoms with van der Waals surface area (Å²) in [4.78, 5) is 46.7. The second-order valence-electron chi connectivity index (χ2n) is 10.8. The maximum Gasteiger partial charge on any atom is 0.303 e. The lowest BCUT2D eigenvalue weighted by Crippen LogP contribution is -2.60. The van der Waals surface area contributed by atoms with Gasteiger partial charge in [-0.1, -0.05) is 51.4 Å². The quantitative estimate of drug-likeness (QED) is 0.0614. The van der Waals surface area contributed by atoms with E-state index >= 15 is 0 Å². The summed E-state index contributed by atoms with van der Waals surface area (Å²) in [5, 5.41) is 35.0. The minimum absolute atomic E-state index is 0.0127. The van der Waals surface area contributed by atoms with E-state index in [0.29, 0.717) is 13.2 Å². The molecule has 1 rings (SSSR count). The molecule has 9 N–H and O–H groups in total. The largest absolute Gasteiger partial charge is 0.454 e. The molecule has 244 valence electrons. The Kier molecular flexibility index (Phi) is 19.1. The van der Waals surface area contributed by atoms with Crippen molar-refractivity contribution in [1.82, 2.24) is 10.6 Å². The van der Waals surface area contributed by atoms with Gasteiger partial charge in [0.25, 0.3) is 0 Å². The SMILES string of the molecule is CC(=O)O[C@@H]1[C@H](OCCCCCCCCCCCCNC(=O)[C@H](CCC(N)=O)NC(=O)[C@@H](C)N)O[C@H](CO)[C@@H](O)[C@@H]1O. The topological polar surface area (TPSA) is 233 Å². The number of nitrogens with two attached hydrogens (primary N) is 2. The number of ether oxygens (including phenoxy) is 3. The predicted octanol–water partition coefficient (Wildman–Crippen LogP) is -0.512. The minimum atomic E-state index is -1.42. The Bertz CT molecular complexity index is 816. The van der Waals surface area contributed by atoms with E-state index < -0.39 is 67.2 Å². The number of amides is 3. The van der Waals surface area contributed by atoms with Crippen LogP contribution >= 0.6 is 0 Å². The van der Waals surface area contributed by atoms with Gasteiger partial charge in [0.2, 0.25) is 17.7 Å². The molecule has 7 atom stereocenters. The van der Waals surface area contributed by atoms with E-state index in [-0.39, 0.29) is 18.7 Å². The Hall–Kier alpha value is -2.36. The van der Waals surface area contributed by atoms with Gasteiger partial charge in [-0.15, -0.1) is 0 Å². The minimum Gasteiger partial charge on any atom is -0.454 e. The van der Waals surface area contributed by atoms with E-state index in [1.54, 1.807) is 0 Å². The van der Waals surface area contributed by atoms with E-state index in [1.165, 1.54) is 13.8 Å². The van der Waals surface area contributed by atoms with Gasteiger partial charge in [-0.2, -0.15) is 0 Å². The lowest BCUT2D eigenvalue weighted by atomic mass is 9.99. The van der Waals surface area contributed by atoms with E-state index in [2.05, 4.69) is 10.6 Å². The van der Waals surface area contributed by atoms with Crippen molar-refractivity contribution in [2.24, 2.45) is 11.5 Å². The fourth-order valence-electron chi connectivity index (χ4n) is 4.54. The second-order valence-corrected chi connectivity index (χ2v) is 10.8. The summed E-state index contributed by atoms with van der Waals surface area (Å²) < 4.78 is 16.2. The lowest BCUT2D eigenvalue weighted by Gasteiger charge is -2.41. The normalized spacial score (nSPS) is 23.5. The first-order valence-electron chi connectivity index (χ1n) is 15.0. The van der Waals surface area contributed by atoms with Crippen molar-refractivity contribution < 1.29 is 48.7 Å². The monoisotopic (exact) mass is 604 g/mol. The Labute approximate surface area is 248 Å². The number of nitrogens with one attached hydrogen (secondary N) is 2. The van der Waals surface area contributed by atoms with Gasteiger partial charge in [0.1, 0.15) is 24.4 Å². The van der Waals surface area contributed by atoms with Gasteiger partial charge in [-0.05, 0) is 26.2 Å². The molecule has 0 aromatic carbocycles. The van der Waals surface area contributed by atoms with Crippen molar-refractivity contribution in [2.45, 2.75) is 134 Å². The van der Waals surface area contributed by atoms with E-state index in [1.807, 2.05) is 0 Å². The van der Waals surface area contributed by atoms with Crippen LogP contribution in [0.25, 0.3) is 0 Å². The second kappa shape index (κ2) is 21.3. The summed E-state index contributed by atoms with van der Waals surface area (Å²) >= 11 is 0. The molecule has 1 saturated heterocycles. The Morgan fingerprint density at radius 1 is 0.905 bits per heavy atom. The standard InChI is InChI=1S/C28H52N4O10/c1-18(29)26(38)32-20(13-14-22(30)35)27(39)31-15-11-9-7-5-3-4-6-8-10-12-16-40-28-25(41-19(2)34)24(37)23(36)21(17-33)42-28/h18,20-21,23-25,28,33,36-37H,3-17,29H2,1-2H3,(H2,30,35)(H,31,39)(H,32,38)/t18-,20+,21-,23-,24+,25+,28-/m1/s1. The maximum atomic E-state index is 12.4. The summed E-state index contributed by atoms with van der Waals surface area (Å²) in [6.07, 6.45) is 4.00. The summed E-state index contributed by atoms with van der Waals surface area (Å²) in [5.41, 5.74) is 10.7. The maximum absolute atomic E-state index is 12.4. The van der Waals surface area contributed by atoms with Gasteiger partial charge < -0.3 is 51.6 Å². The van der Waals surface area contributed by atoms with Crippen molar-refractivity contribution in [2.75, 3.05) is 19.8 Å². The third-order valence-corrected chi connectivity index (χ3v) is 7.01. The first-order chi connectivity index (χ1) is 20.0. The number of esters is 1. The van der Waals surface area contributed by atoms with Crippen LogP contribution in [0.4, 0.5) is 0 Å². The van der Waals surface area contributed by atoms with Crippen LogP contribution in [-0.2, 0) is 33.4 Å². The van der Waals surface area contributed by atoms with Crippen molar-refractivity contribution >= 4 is 23.7 Å². The highest BCUT2D eigenvalue weighted by Crippen LogP contribution is 2.25. The number of carbonyl (C=O) groups is 4. The predicted molar refractivity (Wildman–Crippen MR) is 152 cm³/mol. The van der Waals surface area contributed by atoms with Crippen LogP contribution in [0.5, 0.6) is 0 Å². The zero-order valence-corrected chi connectivity index (χ0v) is 25.0. The first-order valence-corrected chi connectivity index (χ1v) is 15.0. The molecule has 3 amide bonds. The summed E-state index contributed by atoms with van der Waals surface area (Å²) in [6.45, 7) is 3.01. The zero-order chi connectivity index (χ0) is 31.5. The number of carbonyl (C=O) groups excluding carboxylic acids is 4. The molecule has 1 aliphatic heterocycles. The molecule has 42 heavy (non-hydrogen) atoms. The van der Waals surface area contributed by atoms with Crippen molar-refractivity contribution in [3.63, 3.8) is 0 Å². The van der Waals surface area contributed by atoms with Crippen LogP contribution in [0.2, 0.25) is 0 Å². The van der Waals surface area contributed by atoms with E-state index in [0.717, 1.165) is 64.2 Å². The van der Waals surface area contributed by atoms with Crippen LogP contribution in [0.3, 0.4) is 0 Å². The van der Waals surface area contributed by atoms with Crippen LogP contribution in [0, 0.1) is 0 Å². The molecule has 14 nitrogen and oxygen atoms in total. The Morgan fingerprint density at radius 3 is 2.00 bits per heavy atom. The lowest BCUT2D eigenvalue weighted by molar-refractivity contribution is -0.304. The van der Waals surface area contributed by atoms with Crippen LogP contribution < -0.4 is 22.1 Å². The number of rotatable bonds is 22. The molecule has 0 saturated carbocycles. The third kappa shape index (κ3) is 15.2. The van der Waals surface area contributed by atoms with E-state index in [9.17, 15) is 34.5 Å². The Morgan fingerprint density at radius 2 is 1.48 bits per heavy atom. The molecule has 0 aromatic heterocycles. The molecule has 0 spiro atoms. The highest BCUT2D eigenvalue weighted by molar-refractivity contribution is 5.89. The Balaban J connectivity index is 2.11. The highest BCUT2D eigenvalue weighted by Gasteiger charge is 2.46. The zero-order valence-electron chi connectivity index (χ0n) is 25.0. The van der Waals surface area contributed by atoms with Gasteiger partial charge >= 0.3 is 5.97 Å².